The second-order valence-corrected chi connectivity index (χ2v) is 5.03. The number of aromatic amines is 1. The molecule has 23 heavy (non-hydrogen) atoms. The van der Waals surface area contributed by atoms with Gasteiger partial charge >= 0.3 is 0 Å². The highest BCUT2D eigenvalue weighted by Crippen LogP contribution is 2.21. The van der Waals surface area contributed by atoms with Crippen LogP contribution in [0.5, 0.6) is 5.75 Å². The second kappa shape index (κ2) is 6.97. The van der Waals surface area contributed by atoms with Gasteiger partial charge in [0.25, 0.3) is 0 Å². The van der Waals surface area contributed by atoms with Gasteiger partial charge in [-0.2, -0.15) is 14.9 Å². The zero-order chi connectivity index (χ0) is 16.1. The number of nitrogens with one attached hydrogen (secondary N) is 1. The van der Waals surface area contributed by atoms with Crippen molar-refractivity contribution in [3.8, 4) is 17.1 Å². The summed E-state index contributed by atoms with van der Waals surface area (Å²) in [6.07, 6.45) is 5.14. The van der Waals surface area contributed by atoms with Crippen molar-refractivity contribution in [2.75, 3.05) is 6.61 Å². The van der Waals surface area contributed by atoms with Crippen LogP contribution in [0, 0.1) is 4.77 Å². The van der Waals surface area contributed by atoms with Gasteiger partial charge in [-0.1, -0.05) is 0 Å². The lowest BCUT2D eigenvalue weighted by Gasteiger charge is -2.04. The molecule has 2 heterocycles. The number of rotatable bonds is 5. The molecule has 0 atom stereocenters. The Labute approximate surface area is 138 Å². The third-order valence-electron chi connectivity index (χ3n) is 3.10. The Morgan fingerprint density at radius 2 is 1.96 bits per heavy atom. The van der Waals surface area contributed by atoms with Crippen molar-refractivity contribution in [1.29, 1.82) is 0 Å². The Morgan fingerprint density at radius 1 is 1.22 bits per heavy atom. The SMILES string of the molecule is CCOc1ccc(-c2n[nH]c(=S)n2N=Cc2ccncc2)cc1. The van der Waals surface area contributed by atoms with Crippen molar-refractivity contribution in [2.45, 2.75) is 6.92 Å². The molecule has 0 saturated heterocycles. The predicted molar refractivity (Wildman–Crippen MR) is 91.2 cm³/mol. The fraction of sp³-hybridized carbons (Fsp3) is 0.125. The highest BCUT2D eigenvalue weighted by atomic mass is 32.1. The first-order valence-corrected chi connectivity index (χ1v) is 7.54. The first kappa shape index (κ1) is 15.1. The molecule has 6 nitrogen and oxygen atoms in total. The summed E-state index contributed by atoms with van der Waals surface area (Å²) in [4.78, 5) is 3.98. The smallest absolute Gasteiger partial charge is 0.216 e. The van der Waals surface area contributed by atoms with Crippen molar-refractivity contribution in [3.05, 3.63) is 59.1 Å². The van der Waals surface area contributed by atoms with Gasteiger partial charge in [-0.05, 0) is 61.1 Å². The molecule has 1 N–H and O–H groups in total. The normalized spacial score (nSPS) is 11.0. The molecule has 3 rings (SSSR count). The summed E-state index contributed by atoms with van der Waals surface area (Å²) >= 11 is 5.25. The van der Waals surface area contributed by atoms with E-state index in [9.17, 15) is 0 Å². The van der Waals surface area contributed by atoms with Gasteiger partial charge < -0.3 is 4.74 Å². The molecular weight excluding hydrogens is 310 g/mol. The van der Waals surface area contributed by atoms with Gasteiger partial charge in [0.1, 0.15) is 5.75 Å². The van der Waals surface area contributed by atoms with Gasteiger partial charge in [0, 0.05) is 18.0 Å². The molecule has 1 aromatic carbocycles. The number of hydrogen-bond acceptors (Lipinski definition) is 5. The number of nitrogens with zero attached hydrogens (tertiary/aromatic N) is 4. The fourth-order valence-electron chi connectivity index (χ4n) is 2.03. The molecule has 0 saturated carbocycles. The number of pyridine rings is 1. The molecule has 0 fully saturated rings. The maximum absolute atomic E-state index is 5.45. The van der Waals surface area contributed by atoms with E-state index >= 15 is 0 Å². The van der Waals surface area contributed by atoms with E-state index in [4.69, 9.17) is 17.0 Å². The quantitative estimate of drug-likeness (QED) is 0.577. The highest BCUT2D eigenvalue weighted by molar-refractivity contribution is 7.71. The number of hydrogen-bond donors (Lipinski definition) is 1. The van der Waals surface area contributed by atoms with Crippen LogP contribution in [-0.2, 0) is 0 Å². The zero-order valence-electron chi connectivity index (χ0n) is 12.5. The van der Waals surface area contributed by atoms with E-state index in [1.165, 1.54) is 0 Å². The minimum Gasteiger partial charge on any atom is -0.494 e. The molecule has 0 unspecified atom stereocenters. The number of H-pyrrole nitrogens is 1. The first-order chi connectivity index (χ1) is 11.3. The first-order valence-electron chi connectivity index (χ1n) is 7.13. The van der Waals surface area contributed by atoms with Gasteiger partial charge in [0.05, 0.1) is 12.8 Å². The Bertz CT molecular complexity index is 852. The number of benzene rings is 1. The summed E-state index contributed by atoms with van der Waals surface area (Å²) in [5, 5.41) is 11.4. The van der Waals surface area contributed by atoms with Crippen LogP contribution in [0.2, 0.25) is 0 Å². The fourth-order valence-corrected chi connectivity index (χ4v) is 2.21. The summed E-state index contributed by atoms with van der Waals surface area (Å²) in [7, 11) is 0. The van der Waals surface area contributed by atoms with E-state index in [0.717, 1.165) is 16.9 Å². The predicted octanol–water partition coefficient (Wildman–Crippen LogP) is 3.28. The summed E-state index contributed by atoms with van der Waals surface area (Å²) in [6, 6.07) is 11.4. The van der Waals surface area contributed by atoms with Crippen LogP contribution in [0.4, 0.5) is 0 Å². The zero-order valence-corrected chi connectivity index (χ0v) is 13.3. The Morgan fingerprint density at radius 3 is 2.65 bits per heavy atom. The Balaban J connectivity index is 1.92. The van der Waals surface area contributed by atoms with Crippen LogP contribution in [0.3, 0.4) is 0 Å². The van der Waals surface area contributed by atoms with Crippen LogP contribution >= 0.6 is 12.2 Å². The minimum atomic E-state index is 0.430. The molecule has 0 radical (unpaired) electrons. The van der Waals surface area contributed by atoms with Crippen LogP contribution < -0.4 is 4.74 Å². The van der Waals surface area contributed by atoms with Gasteiger partial charge in [0.15, 0.2) is 5.82 Å². The van der Waals surface area contributed by atoms with Crippen molar-refractivity contribution in [2.24, 2.45) is 5.10 Å². The van der Waals surface area contributed by atoms with Crippen molar-refractivity contribution < 1.29 is 4.74 Å². The van der Waals surface area contributed by atoms with Gasteiger partial charge in [-0.15, -0.1) is 0 Å². The standard InChI is InChI=1S/C16H15N5OS/c1-2-22-14-5-3-13(4-6-14)15-19-20-16(23)21(15)18-11-12-7-9-17-10-8-12/h3-11H,2H2,1H3,(H,20,23). The van der Waals surface area contributed by atoms with Crippen LogP contribution in [0.1, 0.15) is 12.5 Å². The van der Waals surface area contributed by atoms with E-state index in [2.05, 4.69) is 20.3 Å². The molecule has 0 spiro atoms. The molecule has 2 aromatic heterocycles. The highest BCUT2D eigenvalue weighted by Gasteiger charge is 2.08. The Hall–Kier alpha value is -2.80. The van der Waals surface area contributed by atoms with Crippen LogP contribution in [-0.4, -0.2) is 32.7 Å². The van der Waals surface area contributed by atoms with E-state index in [1.54, 1.807) is 23.3 Å². The molecule has 7 heteroatoms. The number of ether oxygens (including phenoxy) is 1. The van der Waals surface area contributed by atoms with E-state index in [1.807, 2.05) is 43.3 Å². The van der Waals surface area contributed by atoms with Crippen molar-refractivity contribution in [1.82, 2.24) is 19.9 Å². The summed E-state index contributed by atoms with van der Waals surface area (Å²) in [5.41, 5.74) is 1.83. The largest absolute Gasteiger partial charge is 0.494 e. The topological polar surface area (TPSA) is 68.1 Å². The Kier molecular flexibility index (Phi) is 4.58. The summed E-state index contributed by atoms with van der Waals surface area (Å²) in [5.74, 6) is 1.46. The van der Waals surface area contributed by atoms with E-state index in [-0.39, 0.29) is 0 Å². The summed E-state index contributed by atoms with van der Waals surface area (Å²) < 4.78 is 7.46. The maximum atomic E-state index is 5.45. The van der Waals surface area contributed by atoms with Gasteiger partial charge in [-0.25, -0.2) is 5.10 Å². The average Bonchev–Trinajstić information content (AvgIpc) is 2.96. The number of aromatic nitrogens is 4. The van der Waals surface area contributed by atoms with Crippen LogP contribution in [0.25, 0.3) is 11.4 Å². The molecule has 0 aliphatic heterocycles. The third kappa shape index (κ3) is 3.51. The van der Waals surface area contributed by atoms with Crippen molar-refractivity contribution in [3.63, 3.8) is 0 Å². The lowest BCUT2D eigenvalue weighted by atomic mass is 10.2. The third-order valence-corrected chi connectivity index (χ3v) is 3.37. The van der Waals surface area contributed by atoms with Crippen LogP contribution in [0.15, 0.2) is 53.9 Å². The molecular formula is C16H15N5OS. The van der Waals surface area contributed by atoms with E-state index < -0.39 is 0 Å². The molecule has 0 aliphatic carbocycles. The lowest BCUT2D eigenvalue weighted by molar-refractivity contribution is 0.340. The molecule has 3 aromatic rings. The maximum Gasteiger partial charge on any atom is 0.216 e. The lowest BCUT2D eigenvalue weighted by Crippen LogP contribution is -1.96. The molecule has 0 bridgehead atoms. The van der Waals surface area contributed by atoms with E-state index in [0.29, 0.717) is 17.2 Å². The molecule has 116 valence electrons. The molecule has 0 aliphatic rings. The van der Waals surface area contributed by atoms with Gasteiger partial charge in [-0.3, -0.25) is 4.98 Å². The minimum absolute atomic E-state index is 0.430. The van der Waals surface area contributed by atoms with Gasteiger partial charge in [0.2, 0.25) is 4.77 Å². The average molecular weight is 325 g/mol. The molecule has 0 amide bonds. The summed E-state index contributed by atoms with van der Waals surface area (Å²) in [6.45, 7) is 2.58. The monoisotopic (exact) mass is 325 g/mol. The second-order valence-electron chi connectivity index (χ2n) is 4.65. The van der Waals surface area contributed by atoms with Crippen molar-refractivity contribution >= 4 is 18.4 Å².